The monoisotopic (exact) mass is 208 g/mol. The first-order chi connectivity index (χ1) is 7.07. The van der Waals surface area contributed by atoms with Crippen LogP contribution < -0.4 is 4.90 Å². The lowest BCUT2D eigenvalue weighted by Crippen LogP contribution is -2.37. The van der Waals surface area contributed by atoms with Gasteiger partial charge in [0.15, 0.2) is 0 Å². The molecule has 0 amide bonds. The van der Waals surface area contributed by atoms with Crippen molar-refractivity contribution in [1.82, 2.24) is 4.98 Å². The van der Waals surface area contributed by atoms with Crippen molar-refractivity contribution in [2.75, 3.05) is 18.0 Å². The van der Waals surface area contributed by atoms with E-state index in [2.05, 4.69) is 23.7 Å². The van der Waals surface area contributed by atoms with Crippen molar-refractivity contribution in [2.45, 2.75) is 26.7 Å². The number of aromatic nitrogens is 1. The number of halogens is 1. The van der Waals surface area contributed by atoms with Crippen molar-refractivity contribution in [3.8, 4) is 0 Å². The van der Waals surface area contributed by atoms with Gasteiger partial charge in [-0.05, 0) is 30.4 Å². The van der Waals surface area contributed by atoms with E-state index in [0.29, 0.717) is 5.41 Å². The Morgan fingerprint density at radius 2 is 1.93 bits per heavy atom. The van der Waals surface area contributed by atoms with E-state index >= 15 is 0 Å². The highest BCUT2D eigenvalue weighted by molar-refractivity contribution is 5.38. The summed E-state index contributed by atoms with van der Waals surface area (Å²) < 4.78 is 12.9. The molecule has 2 nitrogen and oxygen atoms in total. The maximum absolute atomic E-state index is 12.9. The maximum Gasteiger partial charge on any atom is 0.214 e. The van der Waals surface area contributed by atoms with Crippen LogP contribution in [0.5, 0.6) is 0 Å². The quantitative estimate of drug-likeness (QED) is 0.660. The van der Waals surface area contributed by atoms with Gasteiger partial charge in [0.2, 0.25) is 5.95 Å². The second kappa shape index (κ2) is 3.80. The van der Waals surface area contributed by atoms with E-state index in [1.807, 2.05) is 6.07 Å². The normalized spacial score (nSPS) is 20.3. The number of hydrogen-bond donors (Lipinski definition) is 0. The number of piperidine rings is 1. The fourth-order valence-electron chi connectivity index (χ4n) is 1.91. The van der Waals surface area contributed by atoms with Gasteiger partial charge in [-0.25, -0.2) is 4.98 Å². The average molecular weight is 208 g/mol. The topological polar surface area (TPSA) is 16.1 Å². The molecule has 3 heteroatoms. The molecule has 2 heterocycles. The molecule has 1 aromatic rings. The van der Waals surface area contributed by atoms with Crippen LogP contribution in [0.25, 0.3) is 0 Å². The standard InChI is InChI=1S/C12H17FN2/c1-12(2)6-8-15(9-7-12)11-5-3-4-10(13)14-11/h3-5H,6-9H2,1-2H3. The molecule has 0 aliphatic carbocycles. The first-order valence-corrected chi connectivity index (χ1v) is 5.44. The molecule has 1 fully saturated rings. The van der Waals surface area contributed by atoms with Crippen molar-refractivity contribution in [3.05, 3.63) is 24.1 Å². The summed E-state index contributed by atoms with van der Waals surface area (Å²) >= 11 is 0. The molecule has 1 aliphatic heterocycles. The summed E-state index contributed by atoms with van der Waals surface area (Å²) in [5, 5.41) is 0. The second-order valence-electron chi connectivity index (χ2n) is 4.97. The summed E-state index contributed by atoms with van der Waals surface area (Å²) in [6.45, 7) is 6.51. The van der Waals surface area contributed by atoms with Crippen LogP contribution in [-0.2, 0) is 0 Å². The highest BCUT2D eigenvalue weighted by Crippen LogP contribution is 2.31. The smallest absolute Gasteiger partial charge is 0.214 e. The van der Waals surface area contributed by atoms with Gasteiger partial charge in [0, 0.05) is 13.1 Å². The van der Waals surface area contributed by atoms with Gasteiger partial charge in [-0.3, -0.25) is 0 Å². The lowest BCUT2D eigenvalue weighted by molar-refractivity contribution is 0.279. The Balaban J connectivity index is 2.08. The Bertz CT molecular complexity index is 339. The average Bonchev–Trinajstić information content (AvgIpc) is 2.17. The van der Waals surface area contributed by atoms with Gasteiger partial charge in [-0.1, -0.05) is 19.9 Å². The first-order valence-electron chi connectivity index (χ1n) is 5.44. The first kappa shape index (κ1) is 10.4. The molecular weight excluding hydrogens is 191 g/mol. The van der Waals surface area contributed by atoms with Gasteiger partial charge in [0.05, 0.1) is 0 Å². The summed E-state index contributed by atoms with van der Waals surface area (Å²) in [4.78, 5) is 6.06. The minimum absolute atomic E-state index is 0.391. The molecule has 0 aromatic carbocycles. The molecule has 1 aliphatic rings. The molecule has 0 spiro atoms. The highest BCUT2D eigenvalue weighted by atomic mass is 19.1. The fraction of sp³-hybridized carbons (Fsp3) is 0.583. The van der Waals surface area contributed by atoms with Gasteiger partial charge in [-0.15, -0.1) is 0 Å². The van der Waals surface area contributed by atoms with Crippen LogP contribution in [0.15, 0.2) is 18.2 Å². The van der Waals surface area contributed by atoms with Crippen molar-refractivity contribution in [1.29, 1.82) is 0 Å². The zero-order valence-electron chi connectivity index (χ0n) is 9.33. The largest absolute Gasteiger partial charge is 0.356 e. The van der Waals surface area contributed by atoms with Crippen LogP contribution >= 0.6 is 0 Å². The van der Waals surface area contributed by atoms with E-state index in [-0.39, 0.29) is 0 Å². The molecule has 2 rings (SSSR count). The Kier molecular flexibility index (Phi) is 2.63. The Morgan fingerprint density at radius 3 is 2.53 bits per heavy atom. The molecule has 82 valence electrons. The third kappa shape index (κ3) is 2.46. The van der Waals surface area contributed by atoms with Gasteiger partial charge >= 0.3 is 0 Å². The SMILES string of the molecule is CC1(C)CCN(c2cccc(F)n2)CC1. The van der Waals surface area contributed by atoms with E-state index < -0.39 is 5.95 Å². The van der Waals surface area contributed by atoms with Crippen LogP contribution in [0, 0.1) is 11.4 Å². The van der Waals surface area contributed by atoms with Gasteiger partial charge in [0.25, 0.3) is 0 Å². The van der Waals surface area contributed by atoms with Crippen molar-refractivity contribution < 1.29 is 4.39 Å². The Morgan fingerprint density at radius 1 is 1.27 bits per heavy atom. The Labute approximate surface area is 90.1 Å². The summed E-state index contributed by atoms with van der Waals surface area (Å²) in [5.41, 5.74) is 0.420. The fourth-order valence-corrected chi connectivity index (χ4v) is 1.91. The number of hydrogen-bond acceptors (Lipinski definition) is 2. The molecule has 15 heavy (non-hydrogen) atoms. The lowest BCUT2D eigenvalue weighted by Gasteiger charge is -2.37. The van der Waals surface area contributed by atoms with Gasteiger partial charge in [0.1, 0.15) is 5.82 Å². The predicted molar refractivity (Wildman–Crippen MR) is 59.4 cm³/mol. The third-order valence-corrected chi connectivity index (χ3v) is 3.14. The molecule has 0 N–H and O–H groups in total. The van der Waals surface area contributed by atoms with Gasteiger partial charge in [-0.2, -0.15) is 4.39 Å². The molecule has 0 saturated carbocycles. The van der Waals surface area contributed by atoms with Gasteiger partial charge < -0.3 is 4.90 Å². The van der Waals surface area contributed by atoms with Crippen LogP contribution in [0.4, 0.5) is 10.2 Å². The maximum atomic E-state index is 12.9. The third-order valence-electron chi connectivity index (χ3n) is 3.14. The summed E-state index contributed by atoms with van der Waals surface area (Å²) in [6, 6.07) is 4.98. The zero-order chi connectivity index (χ0) is 10.9. The van der Waals surface area contributed by atoms with Crippen molar-refractivity contribution in [2.24, 2.45) is 5.41 Å². The summed E-state index contributed by atoms with van der Waals surface area (Å²) in [7, 11) is 0. The Hall–Kier alpha value is -1.12. The molecular formula is C12H17FN2. The minimum atomic E-state index is -0.391. The number of pyridine rings is 1. The van der Waals surface area contributed by atoms with E-state index in [9.17, 15) is 4.39 Å². The minimum Gasteiger partial charge on any atom is -0.356 e. The number of rotatable bonds is 1. The highest BCUT2D eigenvalue weighted by Gasteiger charge is 2.25. The van der Waals surface area contributed by atoms with Crippen molar-refractivity contribution >= 4 is 5.82 Å². The lowest BCUT2D eigenvalue weighted by atomic mass is 9.83. The van der Waals surface area contributed by atoms with E-state index in [1.165, 1.54) is 6.07 Å². The second-order valence-corrected chi connectivity index (χ2v) is 4.97. The molecule has 0 radical (unpaired) electrons. The predicted octanol–water partition coefficient (Wildman–Crippen LogP) is 2.85. The summed E-state index contributed by atoms with van der Waals surface area (Å²) in [5.74, 6) is 0.378. The zero-order valence-corrected chi connectivity index (χ0v) is 9.33. The molecule has 1 aromatic heterocycles. The number of nitrogens with zero attached hydrogens (tertiary/aromatic N) is 2. The van der Waals surface area contributed by atoms with E-state index in [4.69, 9.17) is 0 Å². The summed E-state index contributed by atoms with van der Waals surface area (Å²) in [6.07, 6.45) is 2.29. The molecule has 1 saturated heterocycles. The van der Waals surface area contributed by atoms with Crippen LogP contribution in [0.1, 0.15) is 26.7 Å². The van der Waals surface area contributed by atoms with Crippen LogP contribution in [0.3, 0.4) is 0 Å². The molecule has 0 unspecified atom stereocenters. The van der Waals surface area contributed by atoms with Crippen LogP contribution in [0.2, 0.25) is 0 Å². The van der Waals surface area contributed by atoms with Crippen LogP contribution in [-0.4, -0.2) is 18.1 Å². The van der Waals surface area contributed by atoms with Crippen molar-refractivity contribution in [3.63, 3.8) is 0 Å². The molecule has 0 bridgehead atoms. The van der Waals surface area contributed by atoms with E-state index in [1.54, 1.807) is 6.07 Å². The van der Waals surface area contributed by atoms with E-state index in [0.717, 1.165) is 31.7 Å². The molecule has 0 atom stereocenters. The number of anilines is 1.